The van der Waals surface area contributed by atoms with Gasteiger partial charge in [-0.05, 0) is 35.6 Å². The monoisotopic (exact) mass is 406 g/mol. The Kier molecular flexibility index (Phi) is 4.46. The molecule has 0 radical (unpaired) electrons. The number of nitrogens with zero attached hydrogens (tertiary/aromatic N) is 2. The van der Waals surface area contributed by atoms with Crippen molar-refractivity contribution in [2.45, 2.75) is 19.2 Å². The minimum absolute atomic E-state index is 0.0389. The molecule has 1 atom stereocenters. The summed E-state index contributed by atoms with van der Waals surface area (Å²) in [5.74, 6) is 0.243. The zero-order valence-electron chi connectivity index (χ0n) is 9.97. The van der Waals surface area contributed by atoms with E-state index in [1.807, 2.05) is 6.92 Å². The molecular formula is C11H11ClF3IN2O. The average Bonchev–Trinajstić information content (AvgIpc) is 2.31. The first-order chi connectivity index (χ1) is 8.79. The predicted octanol–water partition coefficient (Wildman–Crippen LogP) is 3.58. The van der Waals surface area contributed by atoms with E-state index in [1.165, 1.54) is 0 Å². The molecule has 0 spiro atoms. The summed E-state index contributed by atoms with van der Waals surface area (Å²) in [6.07, 6.45) is -4.47. The van der Waals surface area contributed by atoms with Crippen LogP contribution in [0.5, 0.6) is 0 Å². The van der Waals surface area contributed by atoms with Crippen LogP contribution in [0.15, 0.2) is 6.07 Å². The molecule has 1 aliphatic heterocycles. The number of aromatic nitrogens is 1. The molecule has 0 saturated carbocycles. The molecule has 3 nitrogen and oxygen atoms in total. The summed E-state index contributed by atoms with van der Waals surface area (Å²) >= 11 is 7.37. The summed E-state index contributed by atoms with van der Waals surface area (Å²) in [6.45, 7) is 3.34. The second-order valence-electron chi connectivity index (χ2n) is 4.26. The molecule has 8 heteroatoms. The smallest absolute Gasteiger partial charge is 0.375 e. The van der Waals surface area contributed by atoms with Gasteiger partial charge in [0.05, 0.1) is 21.8 Å². The largest absolute Gasteiger partial charge is 0.417 e. The number of halogens is 5. The number of morpholine rings is 1. The maximum atomic E-state index is 12.9. The highest BCUT2D eigenvalue weighted by atomic mass is 127. The molecule has 0 bridgehead atoms. The van der Waals surface area contributed by atoms with E-state index >= 15 is 0 Å². The van der Waals surface area contributed by atoms with Crippen LogP contribution in [0.2, 0.25) is 5.15 Å². The molecule has 1 aromatic heterocycles. The van der Waals surface area contributed by atoms with Crippen molar-refractivity contribution >= 4 is 40.0 Å². The SMILES string of the molecule is C[C@@H]1CN(c2cc(C(F)(F)F)c(I)c(Cl)n2)CCO1. The van der Waals surface area contributed by atoms with Crippen LogP contribution >= 0.6 is 34.2 Å². The number of hydrogen-bond acceptors (Lipinski definition) is 3. The van der Waals surface area contributed by atoms with Gasteiger partial charge >= 0.3 is 6.18 Å². The van der Waals surface area contributed by atoms with E-state index < -0.39 is 11.7 Å². The van der Waals surface area contributed by atoms with Gasteiger partial charge in [0.1, 0.15) is 11.0 Å². The quantitative estimate of drug-likeness (QED) is 0.527. The molecule has 19 heavy (non-hydrogen) atoms. The number of alkyl halides is 3. The summed E-state index contributed by atoms with van der Waals surface area (Å²) in [4.78, 5) is 5.79. The van der Waals surface area contributed by atoms with E-state index in [9.17, 15) is 13.2 Å². The lowest BCUT2D eigenvalue weighted by Crippen LogP contribution is -2.41. The van der Waals surface area contributed by atoms with Gasteiger partial charge in [0.25, 0.3) is 0 Å². The molecule has 0 unspecified atom stereocenters. The molecule has 1 saturated heterocycles. The predicted molar refractivity (Wildman–Crippen MR) is 74.6 cm³/mol. The summed E-state index contributed by atoms with van der Waals surface area (Å²) < 4.78 is 44.0. The Bertz CT molecular complexity index is 484. The molecule has 0 aromatic carbocycles. The maximum absolute atomic E-state index is 12.9. The fourth-order valence-electron chi connectivity index (χ4n) is 1.88. The highest BCUT2D eigenvalue weighted by Crippen LogP contribution is 2.37. The van der Waals surface area contributed by atoms with Crippen molar-refractivity contribution in [3.05, 3.63) is 20.4 Å². The third-order valence-corrected chi connectivity index (χ3v) is 4.46. The van der Waals surface area contributed by atoms with E-state index in [4.69, 9.17) is 16.3 Å². The highest BCUT2D eigenvalue weighted by molar-refractivity contribution is 14.1. The first-order valence-electron chi connectivity index (χ1n) is 5.59. The van der Waals surface area contributed by atoms with Crippen LogP contribution < -0.4 is 4.90 Å². The summed E-state index contributed by atoms with van der Waals surface area (Å²) in [5.41, 5.74) is -0.748. The summed E-state index contributed by atoms with van der Waals surface area (Å²) in [6, 6.07) is 1.05. The molecule has 2 heterocycles. The number of ether oxygens (including phenoxy) is 1. The lowest BCUT2D eigenvalue weighted by Gasteiger charge is -2.32. The van der Waals surface area contributed by atoms with Crippen LogP contribution in [0.1, 0.15) is 12.5 Å². The minimum atomic E-state index is -4.43. The molecule has 0 amide bonds. The molecular weight excluding hydrogens is 395 g/mol. The summed E-state index contributed by atoms with van der Waals surface area (Å²) in [5, 5.41) is -0.121. The Morgan fingerprint density at radius 2 is 2.21 bits per heavy atom. The van der Waals surface area contributed by atoms with Gasteiger partial charge in [0.15, 0.2) is 0 Å². The van der Waals surface area contributed by atoms with Gasteiger partial charge in [-0.15, -0.1) is 0 Å². The summed E-state index contributed by atoms with van der Waals surface area (Å²) in [7, 11) is 0. The zero-order chi connectivity index (χ0) is 14.2. The normalized spacial score (nSPS) is 20.7. The molecule has 0 N–H and O–H groups in total. The minimum Gasteiger partial charge on any atom is -0.375 e. The molecule has 2 rings (SSSR count). The van der Waals surface area contributed by atoms with Gasteiger partial charge in [-0.3, -0.25) is 0 Å². The maximum Gasteiger partial charge on any atom is 0.417 e. The Labute approximate surface area is 127 Å². The Hall–Kier alpha value is -0.280. The van der Waals surface area contributed by atoms with Crippen LogP contribution in [-0.4, -0.2) is 30.8 Å². The van der Waals surface area contributed by atoms with Crippen LogP contribution in [0.4, 0.5) is 19.0 Å². The van der Waals surface area contributed by atoms with E-state index in [2.05, 4.69) is 4.98 Å². The fraction of sp³-hybridized carbons (Fsp3) is 0.545. The molecule has 1 fully saturated rings. The Morgan fingerprint density at radius 1 is 1.53 bits per heavy atom. The molecule has 1 aromatic rings. The van der Waals surface area contributed by atoms with E-state index in [0.717, 1.165) is 6.07 Å². The van der Waals surface area contributed by atoms with Crippen molar-refractivity contribution in [3.63, 3.8) is 0 Å². The average molecular weight is 407 g/mol. The molecule has 0 aliphatic carbocycles. The highest BCUT2D eigenvalue weighted by Gasteiger charge is 2.35. The van der Waals surface area contributed by atoms with E-state index in [1.54, 1.807) is 27.5 Å². The van der Waals surface area contributed by atoms with Crippen molar-refractivity contribution in [3.8, 4) is 0 Å². The van der Waals surface area contributed by atoms with Crippen molar-refractivity contribution in [2.24, 2.45) is 0 Å². The number of anilines is 1. The first kappa shape index (κ1) is 15.1. The third kappa shape index (κ3) is 3.43. The fourth-order valence-corrected chi connectivity index (χ4v) is 2.65. The Morgan fingerprint density at radius 3 is 2.79 bits per heavy atom. The molecule has 106 valence electrons. The van der Waals surface area contributed by atoms with Crippen LogP contribution in [0.25, 0.3) is 0 Å². The van der Waals surface area contributed by atoms with Crippen molar-refractivity contribution in [2.75, 3.05) is 24.6 Å². The third-order valence-electron chi connectivity index (χ3n) is 2.77. The molecule has 1 aliphatic rings. The first-order valence-corrected chi connectivity index (χ1v) is 7.04. The van der Waals surface area contributed by atoms with Gasteiger partial charge in [-0.2, -0.15) is 13.2 Å². The van der Waals surface area contributed by atoms with Gasteiger partial charge < -0.3 is 9.64 Å². The topological polar surface area (TPSA) is 25.4 Å². The standard InChI is InChI=1S/C11H11ClF3IN2O/c1-6-5-18(2-3-19-6)8-4-7(11(13,14)15)9(16)10(12)17-8/h4,6H,2-3,5H2,1H3/t6-/m1/s1. The van der Waals surface area contributed by atoms with Gasteiger partial charge in [-0.1, -0.05) is 11.6 Å². The van der Waals surface area contributed by atoms with Gasteiger partial charge in [-0.25, -0.2) is 4.98 Å². The van der Waals surface area contributed by atoms with E-state index in [-0.39, 0.29) is 20.6 Å². The van der Waals surface area contributed by atoms with Crippen LogP contribution in [-0.2, 0) is 10.9 Å². The van der Waals surface area contributed by atoms with Crippen LogP contribution in [0, 0.1) is 3.57 Å². The zero-order valence-corrected chi connectivity index (χ0v) is 12.9. The van der Waals surface area contributed by atoms with E-state index in [0.29, 0.717) is 19.7 Å². The van der Waals surface area contributed by atoms with Gasteiger partial charge in [0, 0.05) is 13.1 Å². The van der Waals surface area contributed by atoms with Gasteiger partial charge in [0.2, 0.25) is 0 Å². The number of hydrogen-bond donors (Lipinski definition) is 0. The van der Waals surface area contributed by atoms with Crippen molar-refractivity contribution < 1.29 is 17.9 Å². The second-order valence-corrected chi connectivity index (χ2v) is 5.69. The van der Waals surface area contributed by atoms with Crippen molar-refractivity contribution in [1.82, 2.24) is 4.98 Å². The number of pyridine rings is 1. The lowest BCUT2D eigenvalue weighted by atomic mass is 10.2. The van der Waals surface area contributed by atoms with Crippen molar-refractivity contribution in [1.29, 1.82) is 0 Å². The second kappa shape index (κ2) is 5.61. The lowest BCUT2D eigenvalue weighted by molar-refractivity contribution is -0.138. The van der Waals surface area contributed by atoms with Crippen LogP contribution in [0.3, 0.4) is 0 Å². The number of rotatable bonds is 1. The Balaban J connectivity index is 2.39.